The van der Waals surface area contributed by atoms with Gasteiger partial charge in [-0.05, 0) is 25.7 Å². The molecule has 8 heteroatoms. The summed E-state index contributed by atoms with van der Waals surface area (Å²) in [5.74, 6) is -0.996. The first-order valence-corrected chi connectivity index (χ1v) is 11.2. The second-order valence-electron chi connectivity index (χ2n) is 10.9. The maximum atomic E-state index is 13.8. The summed E-state index contributed by atoms with van der Waals surface area (Å²) in [6, 6.07) is 0. The molecule has 0 aromatic rings. The van der Waals surface area contributed by atoms with E-state index in [-0.39, 0.29) is 42.0 Å². The van der Waals surface area contributed by atoms with E-state index in [1.807, 2.05) is 6.92 Å². The van der Waals surface area contributed by atoms with Gasteiger partial charge in [0, 0.05) is 38.7 Å². The number of methoxy groups -OCH3 is 1. The normalized spacial score (nSPS) is 62.8. The fourth-order valence-corrected chi connectivity index (χ4v) is 8.92. The van der Waals surface area contributed by atoms with Gasteiger partial charge in [-0.1, -0.05) is 0 Å². The first-order valence-electron chi connectivity index (χ1n) is 11.2. The molecule has 0 aromatic carbocycles. The van der Waals surface area contributed by atoms with Crippen molar-refractivity contribution in [3.05, 3.63) is 0 Å². The van der Waals surface area contributed by atoms with Crippen molar-refractivity contribution in [1.82, 2.24) is 0 Å². The van der Waals surface area contributed by atoms with Crippen molar-refractivity contribution in [3.8, 4) is 0 Å². The third-order valence-electron chi connectivity index (χ3n) is 10.1. The molecule has 0 aromatic heterocycles. The van der Waals surface area contributed by atoms with E-state index in [1.54, 1.807) is 7.11 Å². The van der Waals surface area contributed by atoms with Gasteiger partial charge < -0.3 is 28.8 Å². The lowest BCUT2D eigenvalue weighted by atomic mass is 9.37. The van der Waals surface area contributed by atoms with Crippen LogP contribution in [-0.4, -0.2) is 66.6 Å². The van der Waals surface area contributed by atoms with Crippen molar-refractivity contribution in [1.29, 1.82) is 0 Å². The first kappa shape index (κ1) is 18.7. The van der Waals surface area contributed by atoms with Crippen LogP contribution in [0.15, 0.2) is 0 Å². The SMILES string of the molecule is CO[C@H]1OC[C@]23[C@H]4C[C@H]5C[C@]2(CC(=O)[C@@H]2[C@@H]3C1C[C@]1(C)C(=O)CC[C@]21O)OC(O5)O4. The van der Waals surface area contributed by atoms with Gasteiger partial charge in [0.15, 0.2) is 6.29 Å². The number of Topliss-reactive ketones (excluding diaryl/α,β-unsaturated/α-hetero) is 2. The number of carbonyl (C=O) groups is 2. The quantitative estimate of drug-likeness (QED) is 0.669. The Bertz CT molecular complexity index is 844. The Morgan fingerprint density at radius 1 is 1.20 bits per heavy atom. The number of ketones is 2. The number of fused-ring (bicyclic) bond motifs is 2. The van der Waals surface area contributed by atoms with Crippen molar-refractivity contribution >= 4 is 11.6 Å². The predicted molar refractivity (Wildman–Crippen MR) is 97.8 cm³/mol. The summed E-state index contributed by atoms with van der Waals surface area (Å²) in [6.45, 7) is 1.46. The average Bonchev–Trinajstić information content (AvgIpc) is 2.92. The molecule has 4 aliphatic carbocycles. The van der Waals surface area contributed by atoms with E-state index in [2.05, 4.69) is 0 Å². The molecule has 164 valence electrons. The molecule has 4 saturated carbocycles. The highest BCUT2D eigenvalue weighted by Gasteiger charge is 2.82. The van der Waals surface area contributed by atoms with Gasteiger partial charge in [-0.2, -0.15) is 0 Å². The first-order chi connectivity index (χ1) is 14.3. The molecular formula is C22H28O8. The van der Waals surface area contributed by atoms with Crippen LogP contribution < -0.4 is 0 Å². The summed E-state index contributed by atoms with van der Waals surface area (Å²) < 4.78 is 30.3. The van der Waals surface area contributed by atoms with Crippen molar-refractivity contribution in [2.24, 2.45) is 28.6 Å². The van der Waals surface area contributed by atoms with E-state index in [1.165, 1.54) is 0 Å². The zero-order valence-electron chi connectivity index (χ0n) is 17.3. The molecule has 8 nitrogen and oxygen atoms in total. The second kappa shape index (κ2) is 5.35. The van der Waals surface area contributed by atoms with E-state index in [4.69, 9.17) is 23.7 Å². The zero-order valence-corrected chi connectivity index (χ0v) is 17.3. The summed E-state index contributed by atoms with van der Waals surface area (Å²) in [6.07, 6.45) is 2.02. The van der Waals surface area contributed by atoms with E-state index in [9.17, 15) is 14.7 Å². The van der Waals surface area contributed by atoms with Crippen molar-refractivity contribution < 1.29 is 38.4 Å². The number of ether oxygens (including phenoxy) is 5. The van der Waals surface area contributed by atoms with Gasteiger partial charge in [0.1, 0.15) is 11.6 Å². The number of carbonyl (C=O) groups excluding carboxylic acids is 2. The van der Waals surface area contributed by atoms with Gasteiger partial charge in [0.05, 0.1) is 46.8 Å². The average molecular weight is 420 g/mol. The molecule has 8 rings (SSSR count). The molecule has 4 bridgehead atoms. The predicted octanol–water partition coefficient (Wildman–Crippen LogP) is 0.931. The Morgan fingerprint density at radius 2 is 2.03 bits per heavy atom. The van der Waals surface area contributed by atoms with Crippen molar-refractivity contribution in [3.63, 3.8) is 0 Å². The summed E-state index contributed by atoms with van der Waals surface area (Å²) >= 11 is 0. The highest BCUT2D eigenvalue weighted by atomic mass is 16.9. The third kappa shape index (κ3) is 1.74. The minimum atomic E-state index is -1.34. The van der Waals surface area contributed by atoms with Crippen LogP contribution in [0.1, 0.15) is 45.4 Å². The third-order valence-corrected chi connectivity index (χ3v) is 10.1. The Hall–Kier alpha value is -0.900. The van der Waals surface area contributed by atoms with Gasteiger partial charge in [-0.25, -0.2) is 0 Å². The molecule has 4 saturated heterocycles. The summed E-state index contributed by atoms with van der Waals surface area (Å²) in [5.41, 5.74) is -3.55. The maximum Gasteiger partial charge on any atom is 0.272 e. The van der Waals surface area contributed by atoms with Crippen LogP contribution in [0.25, 0.3) is 0 Å². The van der Waals surface area contributed by atoms with Crippen LogP contribution in [0, 0.1) is 28.6 Å². The lowest BCUT2D eigenvalue weighted by Crippen LogP contribution is -2.84. The molecule has 4 aliphatic heterocycles. The van der Waals surface area contributed by atoms with Crippen LogP contribution in [0.2, 0.25) is 0 Å². The number of hydrogen-bond acceptors (Lipinski definition) is 8. The smallest absolute Gasteiger partial charge is 0.272 e. The van der Waals surface area contributed by atoms with Gasteiger partial charge >= 0.3 is 0 Å². The highest BCUT2D eigenvalue weighted by Crippen LogP contribution is 2.73. The number of aliphatic hydroxyl groups is 1. The van der Waals surface area contributed by atoms with Gasteiger partial charge in [-0.15, -0.1) is 0 Å². The van der Waals surface area contributed by atoms with Crippen molar-refractivity contribution in [2.75, 3.05) is 13.7 Å². The molecule has 1 N–H and O–H groups in total. The Kier molecular flexibility index (Phi) is 3.33. The second-order valence-corrected chi connectivity index (χ2v) is 10.9. The lowest BCUT2D eigenvalue weighted by Gasteiger charge is -2.75. The van der Waals surface area contributed by atoms with Crippen LogP contribution in [0.5, 0.6) is 0 Å². The van der Waals surface area contributed by atoms with Gasteiger partial charge in [0.25, 0.3) is 6.48 Å². The van der Waals surface area contributed by atoms with Crippen LogP contribution in [-0.2, 0) is 33.3 Å². The summed E-state index contributed by atoms with van der Waals surface area (Å²) in [4.78, 5) is 26.8. The molecule has 2 unspecified atom stereocenters. The molecule has 4 heterocycles. The Labute approximate surface area is 174 Å². The van der Waals surface area contributed by atoms with Gasteiger partial charge in [-0.3, -0.25) is 9.59 Å². The Balaban J connectivity index is 1.45. The molecule has 8 aliphatic rings. The topological polar surface area (TPSA) is 101 Å². The van der Waals surface area contributed by atoms with Crippen LogP contribution in [0.3, 0.4) is 0 Å². The van der Waals surface area contributed by atoms with E-state index in [0.29, 0.717) is 32.3 Å². The van der Waals surface area contributed by atoms with Crippen molar-refractivity contribution in [2.45, 2.75) is 81.6 Å². The molecular weight excluding hydrogens is 392 g/mol. The molecule has 30 heavy (non-hydrogen) atoms. The molecule has 8 fully saturated rings. The fraction of sp³-hybridized carbons (Fsp3) is 0.909. The number of rotatable bonds is 1. The molecule has 0 radical (unpaired) electrons. The minimum absolute atomic E-state index is 0.00227. The fourth-order valence-electron chi connectivity index (χ4n) is 8.92. The lowest BCUT2D eigenvalue weighted by molar-refractivity contribution is -0.512. The highest BCUT2D eigenvalue weighted by molar-refractivity contribution is 5.93. The maximum absolute atomic E-state index is 13.8. The largest absolute Gasteiger partial charge is 0.388 e. The standard InChI is InChI=1S/C22H28O8/c1-19-7-11-15-16(22(19,25)4-3-13(19)24)12(23)8-20-6-10-5-14(29-18(28-10)30-20)21(15,20)9-27-17(11)26-2/h10-11,14-18,25H,3-9H2,1-2H3/t10-,11?,14+,15-,16+,17-,18?,19+,20+,21+,22-/m0/s1. The van der Waals surface area contributed by atoms with Crippen LogP contribution >= 0.6 is 0 Å². The monoisotopic (exact) mass is 420 g/mol. The minimum Gasteiger partial charge on any atom is -0.388 e. The Morgan fingerprint density at radius 3 is 2.80 bits per heavy atom. The van der Waals surface area contributed by atoms with E-state index in [0.717, 1.165) is 6.42 Å². The zero-order chi connectivity index (χ0) is 20.7. The molecule has 2 spiro atoms. The molecule has 11 atom stereocenters. The van der Waals surface area contributed by atoms with Crippen LogP contribution in [0.4, 0.5) is 0 Å². The van der Waals surface area contributed by atoms with E-state index < -0.39 is 40.7 Å². The number of hydrogen-bond donors (Lipinski definition) is 1. The summed E-state index contributed by atoms with van der Waals surface area (Å²) in [7, 11) is 1.61. The van der Waals surface area contributed by atoms with Gasteiger partial charge in [0.2, 0.25) is 0 Å². The summed E-state index contributed by atoms with van der Waals surface area (Å²) in [5, 5.41) is 12.0. The molecule has 0 amide bonds. The van der Waals surface area contributed by atoms with E-state index >= 15 is 0 Å².